The van der Waals surface area contributed by atoms with Gasteiger partial charge >= 0.3 is 5.97 Å². The lowest BCUT2D eigenvalue weighted by Gasteiger charge is -2.20. The summed E-state index contributed by atoms with van der Waals surface area (Å²) in [5.41, 5.74) is 1.20. The number of halogens is 1. The highest BCUT2D eigenvalue weighted by atomic mass is 35.5. The van der Waals surface area contributed by atoms with Gasteiger partial charge in [-0.25, -0.2) is 13.2 Å². The van der Waals surface area contributed by atoms with Gasteiger partial charge in [0.1, 0.15) is 11.3 Å². The van der Waals surface area contributed by atoms with E-state index in [1.165, 1.54) is 23.5 Å². The Morgan fingerprint density at radius 3 is 2.67 bits per heavy atom. The number of sulfonamides is 1. The van der Waals surface area contributed by atoms with Gasteiger partial charge in [-0.15, -0.1) is 0 Å². The van der Waals surface area contributed by atoms with Crippen LogP contribution in [-0.2, 0) is 16.4 Å². The summed E-state index contributed by atoms with van der Waals surface area (Å²) in [6.07, 6.45) is 0.577. The van der Waals surface area contributed by atoms with Gasteiger partial charge in [0.25, 0.3) is 10.0 Å². The molecule has 6 nitrogen and oxygen atoms in total. The number of benzene rings is 2. The predicted octanol–water partition coefficient (Wildman–Crippen LogP) is 2.80. The number of carboxylic acid groups (broad SMARTS) is 1. The molecule has 1 aliphatic heterocycles. The zero-order chi connectivity index (χ0) is 17.5. The Kier molecular flexibility index (Phi) is 4.15. The molecule has 8 heteroatoms. The minimum Gasteiger partial charge on any atom is -0.496 e. The van der Waals surface area contributed by atoms with Crippen LogP contribution in [0.15, 0.2) is 41.3 Å². The molecule has 1 aliphatic rings. The Hall–Kier alpha value is -2.25. The van der Waals surface area contributed by atoms with Crippen LogP contribution in [0.2, 0.25) is 5.02 Å². The van der Waals surface area contributed by atoms with Crippen molar-refractivity contribution in [3.63, 3.8) is 0 Å². The summed E-state index contributed by atoms with van der Waals surface area (Å²) < 4.78 is 32.1. The Labute approximate surface area is 144 Å². The number of hydrogen-bond donors (Lipinski definition) is 1. The molecule has 0 saturated carbocycles. The molecule has 1 heterocycles. The van der Waals surface area contributed by atoms with Gasteiger partial charge in [-0.05, 0) is 42.3 Å². The molecule has 0 saturated heterocycles. The van der Waals surface area contributed by atoms with E-state index in [1.807, 2.05) is 0 Å². The molecular formula is C16H14ClNO5S. The van der Waals surface area contributed by atoms with Gasteiger partial charge in [0.2, 0.25) is 0 Å². The largest absolute Gasteiger partial charge is 0.496 e. The standard InChI is InChI=1S/C16H14ClNO5S/c1-23-15-5-4-12(9-13(15)16(19)20)24(21,22)18-7-6-10-2-3-11(17)8-14(10)18/h2-5,8-9H,6-7H2,1H3,(H,19,20). The van der Waals surface area contributed by atoms with E-state index in [2.05, 4.69) is 0 Å². The van der Waals surface area contributed by atoms with Crippen molar-refractivity contribution in [1.29, 1.82) is 0 Å². The fourth-order valence-corrected chi connectivity index (χ4v) is 4.40. The molecule has 0 unspecified atom stereocenters. The first-order chi connectivity index (χ1) is 11.3. The third-order valence-electron chi connectivity index (χ3n) is 3.89. The Morgan fingerprint density at radius 2 is 2.00 bits per heavy atom. The van der Waals surface area contributed by atoms with Crippen LogP contribution in [0, 0.1) is 0 Å². The lowest BCUT2D eigenvalue weighted by atomic mass is 10.2. The van der Waals surface area contributed by atoms with E-state index < -0.39 is 16.0 Å². The fourth-order valence-electron chi connectivity index (χ4n) is 2.71. The second kappa shape index (κ2) is 5.99. The smallest absolute Gasteiger partial charge is 0.339 e. The van der Waals surface area contributed by atoms with Crippen molar-refractivity contribution >= 4 is 33.3 Å². The van der Waals surface area contributed by atoms with E-state index in [0.29, 0.717) is 17.1 Å². The number of nitrogens with zero attached hydrogens (tertiary/aromatic N) is 1. The molecule has 24 heavy (non-hydrogen) atoms. The van der Waals surface area contributed by atoms with Crippen LogP contribution in [0.5, 0.6) is 5.75 Å². The van der Waals surface area contributed by atoms with E-state index in [0.717, 1.165) is 11.6 Å². The van der Waals surface area contributed by atoms with Crippen LogP contribution in [0.25, 0.3) is 0 Å². The summed E-state index contributed by atoms with van der Waals surface area (Å²) in [4.78, 5) is 11.2. The minimum atomic E-state index is -3.89. The first kappa shape index (κ1) is 16.6. The first-order valence-corrected chi connectivity index (χ1v) is 8.89. The predicted molar refractivity (Wildman–Crippen MR) is 89.6 cm³/mol. The van der Waals surface area contributed by atoms with Gasteiger partial charge < -0.3 is 9.84 Å². The SMILES string of the molecule is COc1ccc(S(=O)(=O)N2CCc3ccc(Cl)cc32)cc1C(=O)O. The van der Waals surface area contributed by atoms with E-state index in [-0.39, 0.29) is 22.8 Å². The second-order valence-electron chi connectivity index (χ2n) is 5.27. The van der Waals surface area contributed by atoms with Gasteiger partial charge in [-0.2, -0.15) is 0 Å². The van der Waals surface area contributed by atoms with Crippen molar-refractivity contribution in [2.75, 3.05) is 18.0 Å². The van der Waals surface area contributed by atoms with Crippen LogP contribution in [0.3, 0.4) is 0 Å². The quantitative estimate of drug-likeness (QED) is 0.898. The number of rotatable bonds is 4. The highest BCUT2D eigenvalue weighted by Gasteiger charge is 2.32. The number of fused-ring (bicyclic) bond motifs is 1. The maximum Gasteiger partial charge on any atom is 0.339 e. The van der Waals surface area contributed by atoms with Gasteiger partial charge in [-0.1, -0.05) is 17.7 Å². The number of carbonyl (C=O) groups is 1. The molecule has 0 radical (unpaired) electrons. The van der Waals surface area contributed by atoms with E-state index in [1.54, 1.807) is 18.2 Å². The highest BCUT2D eigenvalue weighted by molar-refractivity contribution is 7.92. The topological polar surface area (TPSA) is 83.9 Å². The maximum absolute atomic E-state index is 12.9. The molecule has 0 spiro atoms. The van der Waals surface area contributed by atoms with Gasteiger partial charge in [-0.3, -0.25) is 4.31 Å². The summed E-state index contributed by atoms with van der Waals surface area (Å²) in [5, 5.41) is 9.68. The normalized spacial score (nSPS) is 13.7. The highest BCUT2D eigenvalue weighted by Crippen LogP contribution is 2.35. The average molecular weight is 368 g/mol. The van der Waals surface area contributed by atoms with E-state index in [9.17, 15) is 18.3 Å². The van der Waals surface area contributed by atoms with Crippen molar-refractivity contribution in [2.45, 2.75) is 11.3 Å². The second-order valence-corrected chi connectivity index (χ2v) is 7.57. The lowest BCUT2D eigenvalue weighted by molar-refractivity contribution is 0.0693. The van der Waals surface area contributed by atoms with Crippen molar-refractivity contribution in [3.8, 4) is 5.75 Å². The zero-order valence-corrected chi connectivity index (χ0v) is 14.3. The summed E-state index contributed by atoms with van der Waals surface area (Å²) in [7, 11) is -2.57. The van der Waals surface area contributed by atoms with E-state index >= 15 is 0 Å². The number of carboxylic acids is 1. The molecular weight excluding hydrogens is 354 g/mol. The molecule has 2 aromatic carbocycles. The Balaban J connectivity index is 2.09. The lowest BCUT2D eigenvalue weighted by Crippen LogP contribution is -2.29. The van der Waals surface area contributed by atoms with Gasteiger partial charge in [0.05, 0.1) is 17.7 Å². The monoisotopic (exact) mass is 367 g/mol. The third kappa shape index (κ3) is 2.70. The number of ether oxygens (including phenoxy) is 1. The average Bonchev–Trinajstić information content (AvgIpc) is 2.97. The van der Waals surface area contributed by atoms with Crippen molar-refractivity contribution in [3.05, 3.63) is 52.5 Å². The molecule has 0 aliphatic carbocycles. The van der Waals surface area contributed by atoms with Gasteiger partial charge in [0, 0.05) is 11.6 Å². The Morgan fingerprint density at radius 1 is 1.25 bits per heavy atom. The van der Waals surface area contributed by atoms with Crippen LogP contribution >= 0.6 is 11.6 Å². The molecule has 3 rings (SSSR count). The molecule has 1 N–H and O–H groups in total. The van der Waals surface area contributed by atoms with Crippen LogP contribution < -0.4 is 9.04 Å². The zero-order valence-electron chi connectivity index (χ0n) is 12.7. The molecule has 0 amide bonds. The molecule has 0 aromatic heterocycles. The molecule has 2 aromatic rings. The van der Waals surface area contributed by atoms with Crippen LogP contribution in [0.1, 0.15) is 15.9 Å². The number of hydrogen-bond acceptors (Lipinski definition) is 4. The molecule has 0 fully saturated rings. The van der Waals surface area contributed by atoms with Crippen molar-refractivity contribution in [2.24, 2.45) is 0 Å². The van der Waals surface area contributed by atoms with Crippen LogP contribution in [-0.4, -0.2) is 33.1 Å². The van der Waals surface area contributed by atoms with Gasteiger partial charge in [0.15, 0.2) is 0 Å². The number of methoxy groups -OCH3 is 1. The molecule has 0 atom stereocenters. The van der Waals surface area contributed by atoms with E-state index in [4.69, 9.17) is 16.3 Å². The number of anilines is 1. The molecule has 126 valence electrons. The minimum absolute atomic E-state index is 0.103. The summed E-state index contributed by atoms with van der Waals surface area (Å²) >= 11 is 5.98. The third-order valence-corrected chi connectivity index (χ3v) is 5.93. The summed E-state index contributed by atoms with van der Waals surface area (Å²) in [6.45, 7) is 0.284. The summed E-state index contributed by atoms with van der Waals surface area (Å²) in [5.74, 6) is -1.15. The maximum atomic E-state index is 12.9. The first-order valence-electron chi connectivity index (χ1n) is 7.07. The Bertz CT molecular complexity index is 926. The van der Waals surface area contributed by atoms with Crippen molar-refractivity contribution in [1.82, 2.24) is 0 Å². The summed E-state index contributed by atoms with van der Waals surface area (Å²) in [6, 6.07) is 8.90. The number of aromatic carboxylic acids is 1. The van der Waals surface area contributed by atoms with Crippen molar-refractivity contribution < 1.29 is 23.1 Å². The molecule has 0 bridgehead atoms. The fraction of sp³-hybridized carbons (Fsp3) is 0.188. The van der Waals surface area contributed by atoms with Crippen LogP contribution in [0.4, 0.5) is 5.69 Å².